The standard InChI is InChI=1S/C13H14N2O2S/c1-6-4-5-9(18-6)10-7(2)15-8(3)11(12(10)16)13(14)17/h4-5H,1-3H3,(H2,14,17)(H,15,16). The molecule has 0 fully saturated rings. The molecule has 2 aromatic heterocycles. The molecule has 18 heavy (non-hydrogen) atoms. The van der Waals surface area contributed by atoms with Gasteiger partial charge in [0.05, 0.1) is 11.3 Å². The molecule has 0 spiro atoms. The number of pyridine rings is 1. The number of aromatic nitrogens is 1. The Morgan fingerprint density at radius 1 is 1.28 bits per heavy atom. The van der Waals surface area contributed by atoms with Gasteiger partial charge in [0.2, 0.25) is 0 Å². The Morgan fingerprint density at radius 3 is 2.44 bits per heavy atom. The van der Waals surface area contributed by atoms with Crippen molar-refractivity contribution in [2.24, 2.45) is 5.73 Å². The number of aryl methyl sites for hydroxylation is 3. The van der Waals surface area contributed by atoms with Crippen LogP contribution in [0.25, 0.3) is 10.4 Å². The molecule has 3 N–H and O–H groups in total. The van der Waals surface area contributed by atoms with Gasteiger partial charge in [0.15, 0.2) is 0 Å². The number of carbonyl (C=O) groups is 1. The quantitative estimate of drug-likeness (QED) is 0.873. The van der Waals surface area contributed by atoms with Crippen LogP contribution in [0.4, 0.5) is 0 Å². The number of primary amides is 1. The molecule has 4 nitrogen and oxygen atoms in total. The van der Waals surface area contributed by atoms with E-state index in [0.29, 0.717) is 17.0 Å². The van der Waals surface area contributed by atoms with Crippen LogP contribution in [0.5, 0.6) is 5.75 Å². The molecule has 0 bridgehead atoms. The second-order valence-electron chi connectivity index (χ2n) is 4.16. The molecule has 0 unspecified atom stereocenters. The molecule has 0 aliphatic rings. The zero-order valence-electron chi connectivity index (χ0n) is 10.4. The van der Waals surface area contributed by atoms with Crippen molar-refractivity contribution in [3.8, 4) is 16.2 Å². The molecular weight excluding hydrogens is 248 g/mol. The largest absolute Gasteiger partial charge is 0.506 e. The van der Waals surface area contributed by atoms with Crippen LogP contribution in [0.3, 0.4) is 0 Å². The second kappa shape index (κ2) is 4.42. The third-order valence-corrected chi connectivity index (χ3v) is 3.78. The van der Waals surface area contributed by atoms with E-state index in [4.69, 9.17) is 5.73 Å². The first-order valence-electron chi connectivity index (χ1n) is 5.48. The van der Waals surface area contributed by atoms with E-state index in [1.165, 1.54) is 0 Å². The zero-order valence-corrected chi connectivity index (χ0v) is 11.3. The summed E-state index contributed by atoms with van der Waals surface area (Å²) in [5.41, 5.74) is 7.12. The lowest BCUT2D eigenvalue weighted by atomic mass is 10.0. The summed E-state index contributed by atoms with van der Waals surface area (Å²) in [5, 5.41) is 10.2. The van der Waals surface area contributed by atoms with E-state index >= 15 is 0 Å². The predicted octanol–water partition coefficient (Wildman–Crippen LogP) is 2.54. The van der Waals surface area contributed by atoms with E-state index in [1.807, 2.05) is 26.0 Å². The number of rotatable bonds is 2. The van der Waals surface area contributed by atoms with Gasteiger partial charge in [-0.25, -0.2) is 0 Å². The van der Waals surface area contributed by atoms with Crippen molar-refractivity contribution in [1.29, 1.82) is 0 Å². The predicted molar refractivity (Wildman–Crippen MR) is 71.9 cm³/mol. The van der Waals surface area contributed by atoms with Gasteiger partial charge >= 0.3 is 0 Å². The Bertz CT molecular complexity index is 632. The van der Waals surface area contributed by atoms with Gasteiger partial charge in [-0.1, -0.05) is 0 Å². The molecule has 5 heteroatoms. The zero-order chi connectivity index (χ0) is 13.4. The Morgan fingerprint density at radius 2 is 1.94 bits per heavy atom. The Kier molecular flexibility index (Phi) is 3.09. The van der Waals surface area contributed by atoms with Crippen molar-refractivity contribution in [1.82, 2.24) is 4.98 Å². The summed E-state index contributed by atoms with van der Waals surface area (Å²) < 4.78 is 0. The molecule has 0 aromatic carbocycles. The summed E-state index contributed by atoms with van der Waals surface area (Å²) in [6.45, 7) is 5.45. The van der Waals surface area contributed by atoms with Gasteiger partial charge in [0, 0.05) is 15.4 Å². The van der Waals surface area contributed by atoms with E-state index in [2.05, 4.69) is 4.98 Å². The number of amides is 1. The molecule has 1 amide bonds. The van der Waals surface area contributed by atoms with E-state index in [9.17, 15) is 9.90 Å². The summed E-state index contributed by atoms with van der Waals surface area (Å²) in [6.07, 6.45) is 0. The molecule has 94 valence electrons. The van der Waals surface area contributed by atoms with Crippen LogP contribution in [0, 0.1) is 20.8 Å². The van der Waals surface area contributed by atoms with Gasteiger partial charge in [0.1, 0.15) is 11.3 Å². The molecule has 0 aliphatic carbocycles. The highest BCUT2D eigenvalue weighted by molar-refractivity contribution is 7.15. The van der Waals surface area contributed by atoms with Crippen LogP contribution in [0.1, 0.15) is 26.6 Å². The molecular formula is C13H14N2O2S. The van der Waals surface area contributed by atoms with Gasteiger partial charge in [0.25, 0.3) is 5.91 Å². The SMILES string of the molecule is Cc1ccc(-c2c(C)nc(C)c(C(N)=O)c2O)s1. The summed E-state index contributed by atoms with van der Waals surface area (Å²) >= 11 is 1.54. The molecule has 0 saturated carbocycles. The lowest BCUT2D eigenvalue weighted by Crippen LogP contribution is -2.14. The van der Waals surface area contributed by atoms with Crippen molar-refractivity contribution in [3.05, 3.63) is 34.0 Å². The fraction of sp³-hybridized carbons (Fsp3) is 0.231. The Hall–Kier alpha value is -1.88. The summed E-state index contributed by atoms with van der Waals surface area (Å²) in [5.74, 6) is -0.735. The van der Waals surface area contributed by atoms with Crippen molar-refractivity contribution in [2.75, 3.05) is 0 Å². The normalized spacial score (nSPS) is 10.6. The minimum Gasteiger partial charge on any atom is -0.506 e. The first-order valence-corrected chi connectivity index (χ1v) is 6.30. The van der Waals surface area contributed by atoms with E-state index in [1.54, 1.807) is 18.3 Å². The molecule has 0 aliphatic heterocycles. The number of aromatic hydroxyl groups is 1. The molecule has 0 atom stereocenters. The van der Waals surface area contributed by atoms with E-state index in [-0.39, 0.29) is 11.3 Å². The van der Waals surface area contributed by atoms with E-state index < -0.39 is 5.91 Å². The lowest BCUT2D eigenvalue weighted by molar-refractivity contribution is 0.0997. The average molecular weight is 262 g/mol. The fourth-order valence-electron chi connectivity index (χ4n) is 1.99. The van der Waals surface area contributed by atoms with Crippen LogP contribution in [-0.2, 0) is 0 Å². The fourth-order valence-corrected chi connectivity index (χ4v) is 2.96. The summed E-state index contributed by atoms with van der Waals surface area (Å²) in [6, 6.07) is 3.87. The first kappa shape index (κ1) is 12.6. The van der Waals surface area contributed by atoms with Crippen molar-refractivity contribution in [3.63, 3.8) is 0 Å². The lowest BCUT2D eigenvalue weighted by Gasteiger charge is -2.11. The Labute approximate surface area is 109 Å². The van der Waals surface area contributed by atoms with Crippen molar-refractivity contribution < 1.29 is 9.90 Å². The van der Waals surface area contributed by atoms with Gasteiger partial charge in [-0.15, -0.1) is 11.3 Å². The van der Waals surface area contributed by atoms with Crippen LogP contribution >= 0.6 is 11.3 Å². The molecule has 2 heterocycles. The van der Waals surface area contributed by atoms with Crippen LogP contribution in [-0.4, -0.2) is 16.0 Å². The maximum atomic E-state index is 11.4. The summed E-state index contributed by atoms with van der Waals surface area (Å²) in [7, 11) is 0. The highest BCUT2D eigenvalue weighted by Crippen LogP contribution is 2.38. The second-order valence-corrected chi connectivity index (χ2v) is 5.44. The van der Waals surface area contributed by atoms with Crippen LogP contribution < -0.4 is 5.73 Å². The van der Waals surface area contributed by atoms with Crippen LogP contribution in [0.15, 0.2) is 12.1 Å². The van der Waals surface area contributed by atoms with Crippen LogP contribution in [0.2, 0.25) is 0 Å². The number of nitrogens with two attached hydrogens (primary N) is 1. The molecule has 0 saturated heterocycles. The average Bonchev–Trinajstić information content (AvgIpc) is 2.63. The van der Waals surface area contributed by atoms with Crippen molar-refractivity contribution in [2.45, 2.75) is 20.8 Å². The highest BCUT2D eigenvalue weighted by atomic mass is 32.1. The van der Waals surface area contributed by atoms with Crippen molar-refractivity contribution >= 4 is 17.2 Å². The third kappa shape index (κ3) is 1.97. The van der Waals surface area contributed by atoms with Gasteiger partial charge in [-0.05, 0) is 32.9 Å². The topological polar surface area (TPSA) is 76.2 Å². The molecule has 2 rings (SSSR count). The smallest absolute Gasteiger partial charge is 0.254 e. The van der Waals surface area contributed by atoms with E-state index in [0.717, 1.165) is 9.75 Å². The third-order valence-electron chi connectivity index (χ3n) is 2.77. The maximum Gasteiger partial charge on any atom is 0.254 e. The number of hydrogen-bond donors (Lipinski definition) is 2. The minimum atomic E-state index is -0.660. The maximum absolute atomic E-state index is 11.4. The molecule has 2 aromatic rings. The summed E-state index contributed by atoms with van der Waals surface area (Å²) in [4.78, 5) is 17.7. The minimum absolute atomic E-state index is 0.0747. The number of carbonyl (C=O) groups excluding carboxylic acids is 1. The first-order chi connectivity index (χ1) is 8.41. The highest BCUT2D eigenvalue weighted by Gasteiger charge is 2.20. The molecule has 0 radical (unpaired) electrons. The van der Waals surface area contributed by atoms with Gasteiger partial charge in [-0.2, -0.15) is 0 Å². The monoisotopic (exact) mass is 262 g/mol. The number of hydrogen-bond acceptors (Lipinski definition) is 4. The Balaban J connectivity index is 2.75. The van der Waals surface area contributed by atoms with Gasteiger partial charge < -0.3 is 10.8 Å². The number of nitrogens with zero attached hydrogens (tertiary/aromatic N) is 1. The van der Waals surface area contributed by atoms with Gasteiger partial charge in [-0.3, -0.25) is 9.78 Å². The number of thiophene rings is 1.